The first-order valence-corrected chi connectivity index (χ1v) is 6.20. The van der Waals surface area contributed by atoms with Crippen molar-refractivity contribution in [2.75, 3.05) is 26.4 Å². The molecule has 0 spiro atoms. The molecule has 1 atom stereocenters. The minimum absolute atomic E-state index is 0.113. The molecule has 0 saturated carbocycles. The number of amides is 2. The van der Waals surface area contributed by atoms with Crippen LogP contribution >= 0.6 is 11.8 Å². The summed E-state index contributed by atoms with van der Waals surface area (Å²) in [6.45, 7) is 1.74. The number of hydrogen-bond acceptors (Lipinski definition) is 4. The molecule has 2 aliphatic rings. The Morgan fingerprint density at radius 2 is 2.13 bits per heavy atom. The molecule has 0 aliphatic carbocycles. The first-order valence-electron chi connectivity index (χ1n) is 4.98. The van der Waals surface area contributed by atoms with Crippen LogP contribution in [0.3, 0.4) is 0 Å². The van der Waals surface area contributed by atoms with Gasteiger partial charge in [-0.3, -0.25) is 14.5 Å². The number of nitrogens with zero attached hydrogens (tertiary/aromatic N) is 1. The zero-order chi connectivity index (χ0) is 11.0. The molecule has 2 heterocycles. The van der Waals surface area contributed by atoms with Gasteiger partial charge >= 0.3 is 0 Å². The van der Waals surface area contributed by atoms with Crippen molar-refractivity contribution in [3.05, 3.63) is 10.5 Å². The quantitative estimate of drug-likeness (QED) is 0.684. The van der Waals surface area contributed by atoms with Crippen molar-refractivity contribution in [3.63, 3.8) is 0 Å². The molecule has 5 heteroatoms. The number of likely N-dealkylation sites (N-methyl/N-ethyl adjacent to an activating group) is 1. The molecule has 4 nitrogen and oxygen atoms in total. The SMILES string of the molecule is CSC1=C(C2CCNC2)C(=O)N(C)C1=O. The van der Waals surface area contributed by atoms with Gasteiger partial charge in [0.25, 0.3) is 11.8 Å². The number of carbonyl (C=O) groups excluding carboxylic acids is 2. The van der Waals surface area contributed by atoms with E-state index in [1.54, 1.807) is 7.05 Å². The monoisotopic (exact) mass is 226 g/mol. The molecule has 0 aromatic rings. The van der Waals surface area contributed by atoms with Crippen LogP contribution in [0.5, 0.6) is 0 Å². The highest BCUT2D eigenvalue weighted by Gasteiger charge is 2.39. The number of thioether (sulfide) groups is 1. The van der Waals surface area contributed by atoms with Crippen LogP contribution < -0.4 is 5.32 Å². The number of hydrogen-bond donors (Lipinski definition) is 1. The average molecular weight is 226 g/mol. The molecule has 0 bridgehead atoms. The van der Waals surface area contributed by atoms with E-state index in [2.05, 4.69) is 5.32 Å². The van der Waals surface area contributed by atoms with E-state index in [0.29, 0.717) is 4.91 Å². The van der Waals surface area contributed by atoms with E-state index < -0.39 is 0 Å². The minimum atomic E-state index is -0.144. The van der Waals surface area contributed by atoms with Crippen LogP contribution in [0.4, 0.5) is 0 Å². The predicted octanol–water partition coefficient (Wildman–Crippen LogP) is 0.212. The average Bonchev–Trinajstić information content (AvgIpc) is 2.81. The Hall–Kier alpha value is -0.810. The molecule has 2 aliphatic heterocycles. The molecule has 1 saturated heterocycles. The van der Waals surface area contributed by atoms with Crippen LogP contribution in [0.1, 0.15) is 6.42 Å². The topological polar surface area (TPSA) is 49.4 Å². The lowest BCUT2D eigenvalue weighted by molar-refractivity contribution is -0.135. The van der Waals surface area contributed by atoms with Crippen LogP contribution in [0.2, 0.25) is 0 Å². The fraction of sp³-hybridized carbons (Fsp3) is 0.600. The maximum atomic E-state index is 11.9. The summed E-state index contributed by atoms with van der Waals surface area (Å²) in [4.78, 5) is 25.5. The summed E-state index contributed by atoms with van der Waals surface area (Å²) in [5.74, 6) is -0.0405. The van der Waals surface area contributed by atoms with Gasteiger partial charge < -0.3 is 5.32 Å². The number of carbonyl (C=O) groups is 2. The molecule has 0 radical (unpaired) electrons. The van der Waals surface area contributed by atoms with E-state index in [0.717, 1.165) is 25.1 Å². The summed E-state index contributed by atoms with van der Waals surface area (Å²) in [5.41, 5.74) is 0.722. The van der Waals surface area contributed by atoms with Crippen molar-refractivity contribution in [1.82, 2.24) is 10.2 Å². The van der Waals surface area contributed by atoms with Gasteiger partial charge in [0.1, 0.15) is 0 Å². The van der Waals surface area contributed by atoms with Crippen molar-refractivity contribution in [2.24, 2.45) is 5.92 Å². The highest BCUT2D eigenvalue weighted by atomic mass is 32.2. The van der Waals surface area contributed by atoms with Gasteiger partial charge in [-0.2, -0.15) is 0 Å². The summed E-state index contributed by atoms with van der Waals surface area (Å²) < 4.78 is 0. The standard InChI is InChI=1S/C10H14N2O2S/c1-12-9(13)7(6-3-4-11-5-6)8(15-2)10(12)14/h6,11H,3-5H2,1-2H3. The van der Waals surface area contributed by atoms with Gasteiger partial charge in [-0.05, 0) is 19.2 Å². The third-order valence-corrected chi connectivity index (χ3v) is 3.75. The molecule has 1 N–H and O–H groups in total. The Balaban J connectivity index is 2.36. The third kappa shape index (κ3) is 1.59. The van der Waals surface area contributed by atoms with Gasteiger partial charge in [-0.25, -0.2) is 0 Å². The minimum Gasteiger partial charge on any atom is -0.316 e. The van der Waals surface area contributed by atoms with Crippen molar-refractivity contribution in [1.29, 1.82) is 0 Å². The summed E-state index contributed by atoms with van der Waals surface area (Å²) in [5, 5.41) is 3.22. The summed E-state index contributed by atoms with van der Waals surface area (Å²) >= 11 is 1.38. The van der Waals surface area contributed by atoms with Crippen molar-refractivity contribution in [2.45, 2.75) is 6.42 Å². The molecular formula is C10H14N2O2S. The van der Waals surface area contributed by atoms with Crippen LogP contribution in [0.15, 0.2) is 10.5 Å². The zero-order valence-corrected chi connectivity index (χ0v) is 9.69. The summed E-state index contributed by atoms with van der Waals surface area (Å²) in [7, 11) is 1.55. The highest BCUT2D eigenvalue weighted by Crippen LogP contribution is 2.34. The molecule has 0 aromatic heterocycles. The second-order valence-electron chi connectivity index (χ2n) is 3.81. The summed E-state index contributed by atoms with van der Waals surface area (Å²) in [6, 6.07) is 0. The van der Waals surface area contributed by atoms with Crippen LogP contribution in [0.25, 0.3) is 0 Å². The van der Waals surface area contributed by atoms with E-state index in [9.17, 15) is 9.59 Å². The summed E-state index contributed by atoms with van der Waals surface area (Å²) in [6.07, 6.45) is 2.80. The maximum absolute atomic E-state index is 11.9. The number of rotatable bonds is 2. The molecule has 1 unspecified atom stereocenters. The highest BCUT2D eigenvalue weighted by molar-refractivity contribution is 8.03. The fourth-order valence-corrected chi connectivity index (χ4v) is 2.88. The molecule has 1 fully saturated rings. The van der Waals surface area contributed by atoms with Crippen LogP contribution in [-0.4, -0.2) is 43.1 Å². The molecular weight excluding hydrogens is 212 g/mol. The van der Waals surface area contributed by atoms with Crippen molar-refractivity contribution >= 4 is 23.6 Å². The Morgan fingerprint density at radius 1 is 1.40 bits per heavy atom. The first-order chi connectivity index (χ1) is 7.16. The van der Waals surface area contributed by atoms with Crippen molar-refractivity contribution in [3.8, 4) is 0 Å². The zero-order valence-electron chi connectivity index (χ0n) is 8.87. The predicted molar refractivity (Wildman–Crippen MR) is 59.3 cm³/mol. The van der Waals surface area contributed by atoms with Crippen LogP contribution in [-0.2, 0) is 9.59 Å². The van der Waals surface area contributed by atoms with Gasteiger partial charge in [0.05, 0.1) is 4.91 Å². The maximum Gasteiger partial charge on any atom is 0.267 e. The molecule has 82 valence electrons. The Morgan fingerprint density at radius 3 is 2.67 bits per heavy atom. The van der Waals surface area contributed by atoms with Gasteiger partial charge in [0, 0.05) is 25.1 Å². The lowest BCUT2D eigenvalue weighted by Crippen LogP contribution is -2.28. The number of nitrogens with one attached hydrogen (secondary N) is 1. The van der Waals surface area contributed by atoms with Gasteiger partial charge in [0.2, 0.25) is 0 Å². The van der Waals surface area contributed by atoms with Crippen LogP contribution in [0, 0.1) is 5.92 Å². The van der Waals surface area contributed by atoms with Crippen molar-refractivity contribution < 1.29 is 9.59 Å². The van der Waals surface area contributed by atoms with E-state index in [-0.39, 0.29) is 17.7 Å². The van der Waals surface area contributed by atoms with E-state index in [4.69, 9.17) is 0 Å². The normalized spacial score (nSPS) is 27.1. The smallest absolute Gasteiger partial charge is 0.267 e. The molecule has 15 heavy (non-hydrogen) atoms. The second kappa shape index (κ2) is 3.98. The third-order valence-electron chi connectivity index (χ3n) is 2.95. The Bertz CT molecular complexity index is 345. The van der Waals surface area contributed by atoms with E-state index >= 15 is 0 Å². The second-order valence-corrected chi connectivity index (χ2v) is 4.62. The largest absolute Gasteiger partial charge is 0.316 e. The first kappa shape index (κ1) is 10.7. The molecule has 2 amide bonds. The lowest BCUT2D eigenvalue weighted by atomic mass is 9.98. The fourth-order valence-electron chi connectivity index (χ4n) is 2.10. The van der Waals surface area contributed by atoms with Gasteiger partial charge in [-0.1, -0.05) is 0 Å². The van der Waals surface area contributed by atoms with Gasteiger partial charge in [-0.15, -0.1) is 11.8 Å². The van der Waals surface area contributed by atoms with E-state index in [1.807, 2.05) is 6.26 Å². The van der Waals surface area contributed by atoms with E-state index in [1.165, 1.54) is 16.7 Å². The lowest BCUT2D eigenvalue weighted by Gasteiger charge is -2.10. The Labute approximate surface area is 93.1 Å². The van der Waals surface area contributed by atoms with Gasteiger partial charge in [0.15, 0.2) is 0 Å². The Kier molecular flexibility index (Phi) is 2.84. The molecule has 2 rings (SSSR count). The number of imide groups is 1. The molecule has 0 aromatic carbocycles.